The SMILES string of the molecule is COC(=O)C(C(=O)OC)[C@H]1CCCc2cccnc21. The molecule has 0 spiro atoms. The maximum absolute atomic E-state index is 11.9. The monoisotopic (exact) mass is 263 g/mol. The minimum Gasteiger partial charge on any atom is -0.468 e. The molecule has 0 aliphatic heterocycles. The predicted octanol–water partition coefficient (Wildman–Crippen LogP) is 1.46. The molecule has 1 aliphatic carbocycles. The Labute approximate surface area is 111 Å². The van der Waals surface area contributed by atoms with Gasteiger partial charge in [-0.3, -0.25) is 14.6 Å². The summed E-state index contributed by atoms with van der Waals surface area (Å²) in [6, 6.07) is 3.85. The van der Waals surface area contributed by atoms with Crippen LogP contribution in [0.5, 0.6) is 0 Å². The van der Waals surface area contributed by atoms with Gasteiger partial charge in [0.15, 0.2) is 5.92 Å². The molecule has 0 amide bonds. The Hall–Kier alpha value is -1.91. The molecule has 0 unspecified atom stereocenters. The second kappa shape index (κ2) is 5.82. The van der Waals surface area contributed by atoms with E-state index in [0.29, 0.717) is 0 Å². The highest BCUT2D eigenvalue weighted by Crippen LogP contribution is 2.36. The van der Waals surface area contributed by atoms with Crippen LogP contribution in [0.4, 0.5) is 0 Å². The molecule has 19 heavy (non-hydrogen) atoms. The second-order valence-electron chi connectivity index (χ2n) is 4.57. The molecule has 0 saturated heterocycles. The fourth-order valence-electron chi connectivity index (χ4n) is 2.65. The number of ether oxygens (including phenoxy) is 2. The van der Waals surface area contributed by atoms with Gasteiger partial charge in [0.1, 0.15) is 0 Å². The van der Waals surface area contributed by atoms with E-state index >= 15 is 0 Å². The number of methoxy groups -OCH3 is 2. The van der Waals surface area contributed by atoms with Gasteiger partial charge in [-0.25, -0.2) is 0 Å². The van der Waals surface area contributed by atoms with Crippen LogP contribution in [0.2, 0.25) is 0 Å². The van der Waals surface area contributed by atoms with Crippen LogP contribution in [0.3, 0.4) is 0 Å². The van der Waals surface area contributed by atoms with Crippen LogP contribution < -0.4 is 0 Å². The lowest BCUT2D eigenvalue weighted by Gasteiger charge is -2.28. The number of nitrogens with zero attached hydrogens (tertiary/aromatic N) is 1. The van der Waals surface area contributed by atoms with Gasteiger partial charge in [0.2, 0.25) is 0 Å². The molecule has 0 fully saturated rings. The van der Waals surface area contributed by atoms with Crippen molar-refractivity contribution in [2.75, 3.05) is 14.2 Å². The summed E-state index contributed by atoms with van der Waals surface area (Å²) in [6.07, 6.45) is 4.27. The molecule has 1 aromatic heterocycles. The Morgan fingerprint density at radius 1 is 1.32 bits per heavy atom. The van der Waals surface area contributed by atoms with E-state index in [1.54, 1.807) is 6.20 Å². The summed E-state index contributed by atoms with van der Waals surface area (Å²) in [5, 5.41) is 0. The zero-order valence-electron chi connectivity index (χ0n) is 11.1. The smallest absolute Gasteiger partial charge is 0.320 e. The fraction of sp³-hybridized carbons (Fsp3) is 0.500. The zero-order chi connectivity index (χ0) is 13.8. The molecule has 5 nitrogen and oxygen atoms in total. The Morgan fingerprint density at radius 2 is 2.00 bits per heavy atom. The van der Waals surface area contributed by atoms with E-state index < -0.39 is 17.9 Å². The van der Waals surface area contributed by atoms with E-state index in [0.717, 1.165) is 30.5 Å². The molecule has 0 saturated carbocycles. The lowest BCUT2D eigenvalue weighted by molar-refractivity contribution is -0.160. The average molecular weight is 263 g/mol. The molecular formula is C14H17NO4. The number of carbonyl (C=O) groups is 2. The molecule has 0 radical (unpaired) electrons. The number of fused-ring (bicyclic) bond motifs is 1. The Balaban J connectivity index is 2.38. The second-order valence-corrected chi connectivity index (χ2v) is 4.57. The normalized spacial score (nSPS) is 17.7. The zero-order valence-corrected chi connectivity index (χ0v) is 11.1. The first-order valence-electron chi connectivity index (χ1n) is 6.28. The Morgan fingerprint density at radius 3 is 2.63 bits per heavy atom. The van der Waals surface area contributed by atoms with Crippen molar-refractivity contribution in [3.63, 3.8) is 0 Å². The molecule has 1 heterocycles. The maximum atomic E-state index is 11.9. The van der Waals surface area contributed by atoms with Crippen LogP contribution in [-0.2, 0) is 25.5 Å². The van der Waals surface area contributed by atoms with Gasteiger partial charge in [-0.1, -0.05) is 6.07 Å². The number of esters is 2. The molecule has 1 aliphatic rings. The number of hydrogen-bond acceptors (Lipinski definition) is 5. The molecule has 0 bridgehead atoms. The number of rotatable bonds is 3. The van der Waals surface area contributed by atoms with Crippen molar-refractivity contribution in [1.82, 2.24) is 4.98 Å². The van der Waals surface area contributed by atoms with Crippen LogP contribution >= 0.6 is 0 Å². The van der Waals surface area contributed by atoms with Crippen molar-refractivity contribution >= 4 is 11.9 Å². The fourth-order valence-corrected chi connectivity index (χ4v) is 2.65. The van der Waals surface area contributed by atoms with Crippen molar-refractivity contribution in [2.24, 2.45) is 5.92 Å². The van der Waals surface area contributed by atoms with Crippen molar-refractivity contribution in [3.8, 4) is 0 Å². The predicted molar refractivity (Wildman–Crippen MR) is 67.4 cm³/mol. The third-order valence-electron chi connectivity index (χ3n) is 3.55. The summed E-state index contributed by atoms with van der Waals surface area (Å²) in [5.74, 6) is -2.31. The minimum absolute atomic E-state index is 0.259. The lowest BCUT2D eigenvalue weighted by Crippen LogP contribution is -2.34. The van der Waals surface area contributed by atoms with Gasteiger partial charge < -0.3 is 9.47 Å². The quantitative estimate of drug-likeness (QED) is 0.610. The molecule has 1 aromatic rings. The largest absolute Gasteiger partial charge is 0.468 e. The van der Waals surface area contributed by atoms with Gasteiger partial charge in [-0.15, -0.1) is 0 Å². The first-order chi connectivity index (χ1) is 9.19. The number of hydrogen-bond donors (Lipinski definition) is 0. The summed E-state index contributed by atoms with van der Waals surface area (Å²) in [4.78, 5) is 28.1. The molecule has 102 valence electrons. The van der Waals surface area contributed by atoms with E-state index in [2.05, 4.69) is 4.98 Å². The van der Waals surface area contributed by atoms with Crippen LogP contribution in [0.15, 0.2) is 18.3 Å². The van der Waals surface area contributed by atoms with Crippen LogP contribution in [0.25, 0.3) is 0 Å². The van der Waals surface area contributed by atoms with E-state index in [4.69, 9.17) is 9.47 Å². The summed E-state index contributed by atoms with van der Waals surface area (Å²) in [7, 11) is 2.56. The number of pyridine rings is 1. The summed E-state index contributed by atoms with van der Waals surface area (Å²) in [5.41, 5.74) is 1.91. The third-order valence-corrected chi connectivity index (χ3v) is 3.55. The van der Waals surface area contributed by atoms with Gasteiger partial charge in [-0.05, 0) is 30.9 Å². The molecule has 2 rings (SSSR count). The van der Waals surface area contributed by atoms with E-state index in [-0.39, 0.29) is 5.92 Å². The number of carbonyl (C=O) groups excluding carboxylic acids is 2. The lowest BCUT2D eigenvalue weighted by atomic mass is 9.78. The average Bonchev–Trinajstić information content (AvgIpc) is 2.47. The Bertz CT molecular complexity index is 470. The van der Waals surface area contributed by atoms with Crippen molar-refractivity contribution < 1.29 is 19.1 Å². The minimum atomic E-state index is -0.927. The van der Waals surface area contributed by atoms with Crippen LogP contribution in [0, 0.1) is 5.92 Å². The van der Waals surface area contributed by atoms with Gasteiger partial charge in [0, 0.05) is 17.8 Å². The van der Waals surface area contributed by atoms with Crippen molar-refractivity contribution in [3.05, 3.63) is 29.6 Å². The Kier molecular flexibility index (Phi) is 4.14. The van der Waals surface area contributed by atoms with Gasteiger partial charge in [-0.2, -0.15) is 0 Å². The standard InChI is InChI=1S/C14H17NO4/c1-18-13(16)11(14(17)19-2)10-7-3-5-9-6-4-8-15-12(9)10/h4,6,8,10-11H,3,5,7H2,1-2H3/t10-/m1/s1. The molecule has 1 atom stereocenters. The first-order valence-corrected chi connectivity index (χ1v) is 6.28. The van der Waals surface area contributed by atoms with Gasteiger partial charge >= 0.3 is 11.9 Å². The highest BCUT2D eigenvalue weighted by atomic mass is 16.5. The molecule has 0 aromatic carbocycles. The third kappa shape index (κ3) is 2.59. The number of aryl methyl sites for hydroxylation is 1. The molecular weight excluding hydrogens is 246 g/mol. The van der Waals surface area contributed by atoms with Gasteiger partial charge in [0.05, 0.1) is 14.2 Å². The molecule has 0 N–H and O–H groups in total. The van der Waals surface area contributed by atoms with E-state index in [1.165, 1.54) is 14.2 Å². The van der Waals surface area contributed by atoms with Crippen molar-refractivity contribution in [2.45, 2.75) is 25.2 Å². The van der Waals surface area contributed by atoms with E-state index in [9.17, 15) is 9.59 Å². The highest BCUT2D eigenvalue weighted by Gasteiger charge is 2.40. The first kappa shape index (κ1) is 13.5. The van der Waals surface area contributed by atoms with Gasteiger partial charge in [0.25, 0.3) is 0 Å². The summed E-state index contributed by atoms with van der Waals surface area (Å²) in [6.45, 7) is 0. The van der Waals surface area contributed by atoms with Crippen LogP contribution in [-0.4, -0.2) is 31.1 Å². The molecule has 5 heteroatoms. The van der Waals surface area contributed by atoms with Crippen LogP contribution in [0.1, 0.15) is 30.0 Å². The maximum Gasteiger partial charge on any atom is 0.320 e. The van der Waals surface area contributed by atoms with E-state index in [1.807, 2.05) is 12.1 Å². The number of aromatic nitrogens is 1. The summed E-state index contributed by atoms with van der Waals surface area (Å²) >= 11 is 0. The summed E-state index contributed by atoms with van der Waals surface area (Å²) < 4.78 is 9.47. The topological polar surface area (TPSA) is 65.5 Å². The highest BCUT2D eigenvalue weighted by molar-refractivity contribution is 5.96. The van der Waals surface area contributed by atoms with Crippen molar-refractivity contribution in [1.29, 1.82) is 0 Å².